The molecule has 0 bridgehead atoms. The second-order valence-corrected chi connectivity index (χ2v) is 15.7. The van der Waals surface area contributed by atoms with Crippen LogP contribution in [0, 0.1) is 5.92 Å². The third-order valence-electron chi connectivity index (χ3n) is 0.594. The molecule has 0 N–H and O–H groups in total. The van der Waals surface area contributed by atoms with Gasteiger partial charge in [-0.05, 0) is 13.8 Å². The van der Waals surface area contributed by atoms with Gasteiger partial charge in [0.15, 0.2) is 0 Å². The van der Waals surface area contributed by atoms with Gasteiger partial charge in [0.05, 0.1) is 13.0 Å². The Kier molecular flexibility index (Phi) is 13.7. The van der Waals surface area contributed by atoms with Crippen molar-refractivity contribution in [2.24, 2.45) is 0 Å². The number of rotatable bonds is 1. The van der Waals surface area contributed by atoms with Crippen molar-refractivity contribution >= 4 is 33.2 Å². The van der Waals surface area contributed by atoms with Crippen LogP contribution < -0.4 is 0 Å². The molecule has 0 spiro atoms. The molecule has 0 aliphatic heterocycles. The molecule has 0 aromatic carbocycles. The number of hydrogen-bond acceptors (Lipinski definition) is 2. The van der Waals surface area contributed by atoms with E-state index in [2.05, 4.69) is 32.0 Å². The van der Waals surface area contributed by atoms with Crippen LogP contribution in [0.4, 0.5) is 0 Å². The molecule has 10 heavy (non-hydrogen) atoms. The Hall–Kier alpha value is 1.05. The van der Waals surface area contributed by atoms with Crippen LogP contribution in [0.3, 0.4) is 0 Å². The summed E-state index contributed by atoms with van der Waals surface area (Å²) in [6, 6.07) is 0. The van der Waals surface area contributed by atoms with Gasteiger partial charge in [-0.2, -0.15) is 0 Å². The quantitative estimate of drug-likeness (QED) is 0.547. The van der Waals surface area contributed by atoms with Gasteiger partial charge in [0, 0.05) is 0 Å². The van der Waals surface area contributed by atoms with Gasteiger partial charge >= 0.3 is 46.4 Å². The number of halogens is 2. The number of ether oxygens (including phenoxy) is 1. The molecule has 57 valence electrons. The summed E-state index contributed by atoms with van der Waals surface area (Å²) in [6.45, 7) is 3.43. The molecule has 0 saturated heterocycles. The van der Waals surface area contributed by atoms with Gasteiger partial charge in [0.1, 0.15) is 0 Å². The fourth-order valence-corrected chi connectivity index (χ4v) is 0.204. The standard InChI is InChI=1S/C5H9O2.2BrH.Zn/c1-4(2)5(6)7-3;;;/h1-3H3;2*1H;/q;;;+2/p-2. The fourth-order valence-electron chi connectivity index (χ4n) is 0.204. The molecule has 0 saturated carbocycles. The van der Waals surface area contributed by atoms with E-state index in [0.29, 0.717) is 5.92 Å². The molecule has 0 aliphatic rings. The van der Waals surface area contributed by atoms with Crippen LogP contribution in [0.5, 0.6) is 0 Å². The Bertz CT molecular complexity index is 87.7. The van der Waals surface area contributed by atoms with Crippen LogP contribution >= 0.6 is 27.2 Å². The van der Waals surface area contributed by atoms with Gasteiger partial charge in [-0.3, -0.25) is 4.79 Å². The number of carbonyl (C=O) groups is 1. The second-order valence-electron chi connectivity index (χ2n) is 1.59. The summed E-state index contributed by atoms with van der Waals surface area (Å²) in [5.74, 6) is 0.447. The van der Waals surface area contributed by atoms with Gasteiger partial charge < -0.3 is 4.74 Å². The molecule has 0 unspecified atom stereocenters. The number of methoxy groups -OCH3 is 1. The molecule has 0 aromatic heterocycles. The van der Waals surface area contributed by atoms with Crippen molar-refractivity contribution in [3.05, 3.63) is 5.92 Å². The summed E-state index contributed by atoms with van der Waals surface area (Å²) < 4.78 is 4.34. The first-order valence-electron chi connectivity index (χ1n) is 2.60. The summed E-state index contributed by atoms with van der Waals surface area (Å²) in [6.07, 6.45) is 0. The first-order chi connectivity index (χ1) is 4.59. The van der Waals surface area contributed by atoms with Crippen molar-refractivity contribution in [2.75, 3.05) is 7.11 Å². The van der Waals surface area contributed by atoms with E-state index in [-0.39, 0.29) is 19.2 Å². The molecular formula is C5H9Br2O2Zn. The van der Waals surface area contributed by atoms with Crippen LogP contribution in [0.1, 0.15) is 13.8 Å². The molecule has 0 rings (SSSR count). The minimum absolute atomic E-state index is 0.236. The van der Waals surface area contributed by atoms with Crippen molar-refractivity contribution in [1.82, 2.24) is 0 Å². The van der Waals surface area contributed by atoms with E-state index in [0.717, 1.165) is 0 Å². The summed E-state index contributed by atoms with van der Waals surface area (Å²) in [4.78, 5) is 10.3. The average Bonchev–Trinajstić information content (AvgIpc) is 1.88. The molecule has 5 heteroatoms. The van der Waals surface area contributed by atoms with Gasteiger partial charge in [0.25, 0.3) is 0 Å². The van der Waals surface area contributed by atoms with Crippen molar-refractivity contribution in [2.45, 2.75) is 13.8 Å². The van der Waals surface area contributed by atoms with Crippen molar-refractivity contribution in [3.63, 3.8) is 0 Å². The van der Waals surface area contributed by atoms with E-state index in [1.807, 2.05) is 0 Å². The van der Waals surface area contributed by atoms with Crippen molar-refractivity contribution < 1.29 is 22.7 Å². The SMILES string of the molecule is COC(=O)[C](C)C.[Br][Zn][Br]. The van der Waals surface area contributed by atoms with E-state index in [9.17, 15) is 4.79 Å². The van der Waals surface area contributed by atoms with Gasteiger partial charge in [-0.1, -0.05) is 0 Å². The summed E-state index contributed by atoms with van der Waals surface area (Å²) in [5.41, 5.74) is 0. The maximum absolute atomic E-state index is 10.3. The zero-order valence-electron chi connectivity index (χ0n) is 6.28. The monoisotopic (exact) mass is 323 g/mol. The molecule has 0 atom stereocenters. The Morgan fingerprint density at radius 2 is 1.70 bits per heavy atom. The molecule has 1 radical (unpaired) electrons. The first-order valence-corrected chi connectivity index (χ1v) is 16.5. The molecule has 0 amide bonds. The van der Waals surface area contributed by atoms with Crippen LogP contribution in [0.15, 0.2) is 0 Å². The van der Waals surface area contributed by atoms with Gasteiger partial charge in [-0.25, -0.2) is 0 Å². The average molecular weight is 326 g/mol. The molecule has 0 heterocycles. The molecule has 0 aromatic rings. The predicted octanol–water partition coefficient (Wildman–Crippen LogP) is 2.46. The third-order valence-corrected chi connectivity index (χ3v) is 0.594. The van der Waals surface area contributed by atoms with Crippen LogP contribution in [0.2, 0.25) is 0 Å². The number of esters is 1. The minimum atomic E-state index is -0.250. The summed E-state index contributed by atoms with van der Waals surface area (Å²) in [7, 11) is 1.37. The van der Waals surface area contributed by atoms with Gasteiger partial charge in [-0.15, -0.1) is 0 Å². The molecular weight excluding hydrogens is 317 g/mol. The Morgan fingerprint density at radius 3 is 1.70 bits per heavy atom. The fraction of sp³-hybridized carbons (Fsp3) is 0.600. The Morgan fingerprint density at radius 1 is 1.40 bits per heavy atom. The second kappa shape index (κ2) is 10.1. The van der Waals surface area contributed by atoms with Crippen LogP contribution in [-0.4, -0.2) is 13.1 Å². The third kappa shape index (κ3) is 11.8. The van der Waals surface area contributed by atoms with Crippen molar-refractivity contribution in [3.8, 4) is 0 Å². The maximum atomic E-state index is 10.3. The predicted molar refractivity (Wildman–Crippen MR) is 44.5 cm³/mol. The van der Waals surface area contributed by atoms with Crippen LogP contribution in [-0.2, 0) is 22.7 Å². The van der Waals surface area contributed by atoms with Crippen molar-refractivity contribution in [1.29, 1.82) is 0 Å². The first kappa shape index (κ1) is 13.6. The van der Waals surface area contributed by atoms with Crippen LogP contribution in [0.25, 0.3) is 0 Å². The van der Waals surface area contributed by atoms with E-state index < -0.39 is 0 Å². The Labute approximate surface area is 82.4 Å². The summed E-state index contributed by atoms with van der Waals surface area (Å²) in [5, 5.41) is 0. The summed E-state index contributed by atoms with van der Waals surface area (Å²) >= 11 is 6.25. The van der Waals surface area contributed by atoms with Gasteiger partial charge in [0.2, 0.25) is 0 Å². The molecule has 2 nitrogen and oxygen atoms in total. The molecule has 0 fully saturated rings. The Balaban J connectivity index is 0. The number of carbonyl (C=O) groups excluding carboxylic acids is 1. The van der Waals surface area contributed by atoms with E-state index in [4.69, 9.17) is 0 Å². The molecule has 0 aliphatic carbocycles. The van der Waals surface area contributed by atoms with E-state index in [1.54, 1.807) is 13.8 Å². The topological polar surface area (TPSA) is 26.3 Å². The van der Waals surface area contributed by atoms with E-state index >= 15 is 0 Å². The van der Waals surface area contributed by atoms with E-state index in [1.165, 1.54) is 7.11 Å². The number of hydrogen-bond donors (Lipinski definition) is 0. The zero-order valence-corrected chi connectivity index (χ0v) is 12.4. The normalized spacial score (nSPS) is 7.40. The zero-order chi connectivity index (χ0) is 8.57.